The largest absolute Gasteiger partial charge is 0.376 e. The monoisotopic (exact) mass is 215 g/mol. The Morgan fingerprint density at radius 2 is 2.00 bits per heavy atom. The van der Waals surface area contributed by atoms with Gasteiger partial charge in [-0.3, -0.25) is 4.99 Å². The van der Waals surface area contributed by atoms with Crippen LogP contribution >= 0.6 is 0 Å². The van der Waals surface area contributed by atoms with Crippen LogP contribution in [0.4, 0.5) is 5.69 Å². The maximum absolute atomic E-state index is 5.37. The van der Waals surface area contributed by atoms with Crippen LogP contribution in [0.25, 0.3) is 0 Å². The minimum Gasteiger partial charge on any atom is -0.376 e. The molecule has 0 bridgehead atoms. The number of aliphatic imine (C=N–C) groups is 1. The Morgan fingerprint density at radius 3 is 2.62 bits per heavy atom. The molecular formula is C14H17NO. The molecule has 1 aliphatic heterocycles. The smallest absolute Gasteiger partial charge is 0.0728 e. The second-order valence-electron chi connectivity index (χ2n) is 4.12. The van der Waals surface area contributed by atoms with E-state index in [0.29, 0.717) is 6.61 Å². The summed E-state index contributed by atoms with van der Waals surface area (Å²) in [4.78, 5) is 4.56. The summed E-state index contributed by atoms with van der Waals surface area (Å²) in [5.41, 5.74) is 4.69. The number of aryl methyl sites for hydroxylation is 2. The predicted octanol–water partition coefficient (Wildman–Crippen LogP) is 3.35. The van der Waals surface area contributed by atoms with Crippen molar-refractivity contribution in [2.24, 2.45) is 4.99 Å². The first-order valence-corrected chi connectivity index (χ1v) is 5.64. The molecule has 0 radical (unpaired) electrons. The van der Waals surface area contributed by atoms with Gasteiger partial charge in [0, 0.05) is 6.21 Å². The van der Waals surface area contributed by atoms with Gasteiger partial charge in [0.1, 0.15) is 0 Å². The van der Waals surface area contributed by atoms with Gasteiger partial charge in [-0.05, 0) is 37.0 Å². The van der Waals surface area contributed by atoms with Gasteiger partial charge in [0.05, 0.1) is 18.9 Å². The first-order valence-electron chi connectivity index (χ1n) is 5.64. The van der Waals surface area contributed by atoms with Crippen LogP contribution in [0.1, 0.15) is 17.5 Å². The highest BCUT2D eigenvalue weighted by Gasteiger charge is 2.02. The zero-order valence-corrected chi connectivity index (χ0v) is 9.86. The van der Waals surface area contributed by atoms with Crippen molar-refractivity contribution < 1.29 is 4.74 Å². The summed E-state index contributed by atoms with van der Waals surface area (Å²) in [5, 5.41) is 0. The van der Waals surface area contributed by atoms with Crippen molar-refractivity contribution in [1.29, 1.82) is 0 Å². The molecule has 0 aromatic heterocycles. The van der Waals surface area contributed by atoms with Crippen LogP contribution in [0.15, 0.2) is 34.8 Å². The maximum Gasteiger partial charge on any atom is 0.0728 e. The molecule has 16 heavy (non-hydrogen) atoms. The van der Waals surface area contributed by atoms with E-state index in [1.54, 1.807) is 0 Å². The van der Waals surface area contributed by atoms with E-state index in [1.165, 1.54) is 16.7 Å². The van der Waals surface area contributed by atoms with Crippen LogP contribution in [0, 0.1) is 13.8 Å². The highest BCUT2D eigenvalue weighted by Crippen LogP contribution is 2.22. The van der Waals surface area contributed by atoms with Crippen LogP contribution < -0.4 is 0 Å². The van der Waals surface area contributed by atoms with E-state index in [4.69, 9.17) is 4.74 Å². The van der Waals surface area contributed by atoms with Gasteiger partial charge in [-0.1, -0.05) is 24.3 Å². The van der Waals surface area contributed by atoms with Crippen LogP contribution in [-0.4, -0.2) is 19.4 Å². The van der Waals surface area contributed by atoms with E-state index in [1.807, 2.05) is 6.21 Å². The van der Waals surface area contributed by atoms with E-state index in [-0.39, 0.29) is 0 Å². The Kier molecular flexibility index (Phi) is 3.52. The molecule has 0 atom stereocenters. The topological polar surface area (TPSA) is 21.6 Å². The Hall–Kier alpha value is -1.41. The lowest BCUT2D eigenvalue weighted by molar-refractivity contribution is 0.155. The fraction of sp³-hybridized carbons (Fsp3) is 0.357. The van der Waals surface area contributed by atoms with Crippen molar-refractivity contribution in [2.45, 2.75) is 20.3 Å². The molecule has 84 valence electrons. The third-order valence-corrected chi connectivity index (χ3v) is 2.74. The molecule has 1 aromatic carbocycles. The lowest BCUT2D eigenvalue weighted by Crippen LogP contribution is -2.06. The second-order valence-corrected chi connectivity index (χ2v) is 4.12. The summed E-state index contributed by atoms with van der Waals surface area (Å²) in [6.07, 6.45) is 5.11. The first kappa shape index (κ1) is 11.1. The summed E-state index contributed by atoms with van der Waals surface area (Å²) in [6.45, 7) is 5.70. The van der Waals surface area contributed by atoms with Crippen molar-refractivity contribution in [3.63, 3.8) is 0 Å². The van der Waals surface area contributed by atoms with Crippen molar-refractivity contribution in [2.75, 3.05) is 13.2 Å². The van der Waals surface area contributed by atoms with E-state index in [0.717, 1.165) is 18.7 Å². The Bertz CT molecular complexity index is 412. The van der Waals surface area contributed by atoms with Crippen molar-refractivity contribution in [3.05, 3.63) is 41.0 Å². The van der Waals surface area contributed by atoms with Crippen LogP contribution in [-0.2, 0) is 4.74 Å². The lowest BCUT2D eigenvalue weighted by atomic mass is 10.1. The number of benzene rings is 1. The number of hydrogen-bond acceptors (Lipinski definition) is 2. The zero-order chi connectivity index (χ0) is 11.4. The van der Waals surface area contributed by atoms with Gasteiger partial charge in [-0.25, -0.2) is 0 Å². The molecule has 1 heterocycles. The van der Waals surface area contributed by atoms with Crippen LogP contribution in [0.5, 0.6) is 0 Å². The molecule has 0 unspecified atom stereocenters. The number of ether oxygens (including phenoxy) is 1. The van der Waals surface area contributed by atoms with Gasteiger partial charge >= 0.3 is 0 Å². The summed E-state index contributed by atoms with van der Waals surface area (Å²) < 4.78 is 5.37. The lowest BCUT2D eigenvalue weighted by Gasteiger charge is -2.10. The minimum atomic E-state index is 0.689. The zero-order valence-electron chi connectivity index (χ0n) is 9.86. The van der Waals surface area contributed by atoms with E-state index >= 15 is 0 Å². The summed E-state index contributed by atoms with van der Waals surface area (Å²) in [6, 6.07) is 6.24. The molecule has 0 aliphatic carbocycles. The molecule has 0 spiro atoms. The molecular weight excluding hydrogens is 198 g/mol. The van der Waals surface area contributed by atoms with Gasteiger partial charge in [-0.2, -0.15) is 0 Å². The van der Waals surface area contributed by atoms with Crippen molar-refractivity contribution in [3.8, 4) is 0 Å². The third kappa shape index (κ3) is 2.58. The Morgan fingerprint density at radius 1 is 1.25 bits per heavy atom. The molecule has 0 saturated carbocycles. The highest BCUT2D eigenvalue weighted by atomic mass is 16.5. The fourth-order valence-corrected chi connectivity index (χ4v) is 1.82. The highest BCUT2D eigenvalue weighted by molar-refractivity contribution is 5.82. The predicted molar refractivity (Wildman–Crippen MR) is 67.6 cm³/mol. The van der Waals surface area contributed by atoms with Crippen molar-refractivity contribution in [1.82, 2.24) is 0 Å². The Labute approximate surface area is 96.7 Å². The summed E-state index contributed by atoms with van der Waals surface area (Å²) >= 11 is 0. The Balaban J connectivity index is 2.20. The molecule has 2 nitrogen and oxygen atoms in total. The first-order chi connectivity index (χ1) is 7.77. The normalized spacial score (nSPS) is 16.5. The molecule has 2 rings (SSSR count). The van der Waals surface area contributed by atoms with Gasteiger partial charge in [-0.15, -0.1) is 0 Å². The molecule has 0 fully saturated rings. The van der Waals surface area contributed by atoms with E-state index < -0.39 is 0 Å². The van der Waals surface area contributed by atoms with Gasteiger partial charge < -0.3 is 4.74 Å². The molecule has 0 amide bonds. The summed E-state index contributed by atoms with van der Waals surface area (Å²) in [5.74, 6) is 0. The molecule has 0 N–H and O–H groups in total. The van der Waals surface area contributed by atoms with E-state index in [2.05, 4.69) is 43.1 Å². The standard InChI is InChI=1S/C14H17NO/c1-11-5-3-6-12(2)14(11)15-9-13-7-4-8-16-10-13/h3,5-7,9H,4,8,10H2,1-2H3/b15-9-. The van der Waals surface area contributed by atoms with Crippen LogP contribution in [0.2, 0.25) is 0 Å². The van der Waals surface area contributed by atoms with Crippen molar-refractivity contribution >= 4 is 11.9 Å². The molecule has 1 aliphatic rings. The SMILES string of the molecule is Cc1cccc(C)c1/N=C\C1=CCCOC1. The third-order valence-electron chi connectivity index (χ3n) is 2.74. The van der Waals surface area contributed by atoms with Crippen LogP contribution in [0.3, 0.4) is 0 Å². The number of para-hydroxylation sites is 1. The number of nitrogens with zero attached hydrogens (tertiary/aromatic N) is 1. The van der Waals surface area contributed by atoms with Gasteiger partial charge in [0.2, 0.25) is 0 Å². The average Bonchev–Trinajstić information content (AvgIpc) is 2.30. The van der Waals surface area contributed by atoms with E-state index in [9.17, 15) is 0 Å². The maximum atomic E-state index is 5.37. The molecule has 0 saturated heterocycles. The molecule has 1 aromatic rings. The van der Waals surface area contributed by atoms with Gasteiger partial charge in [0.25, 0.3) is 0 Å². The number of rotatable bonds is 2. The minimum absolute atomic E-state index is 0.689. The van der Waals surface area contributed by atoms with Gasteiger partial charge in [0.15, 0.2) is 0 Å². The average molecular weight is 215 g/mol. The fourth-order valence-electron chi connectivity index (χ4n) is 1.82. The quantitative estimate of drug-likeness (QED) is 0.693. The second kappa shape index (κ2) is 5.08. The molecule has 2 heteroatoms. The number of hydrogen-bond donors (Lipinski definition) is 0. The summed E-state index contributed by atoms with van der Waals surface area (Å²) in [7, 11) is 0.